The molecule has 0 radical (unpaired) electrons. The number of aromatic nitrogens is 2. The first-order valence-corrected chi connectivity index (χ1v) is 16.4. The van der Waals surface area contributed by atoms with Crippen LogP contribution in [0.15, 0.2) is 18.2 Å². The molecular weight excluding hydrogens is 618 g/mol. The van der Waals surface area contributed by atoms with Crippen LogP contribution >= 0.6 is 22.9 Å². The Labute approximate surface area is 267 Å². The quantitative estimate of drug-likeness (QED) is 0.288. The third kappa shape index (κ3) is 4.50. The Kier molecular flexibility index (Phi) is 6.77. The number of thiophene rings is 1. The summed E-state index contributed by atoms with van der Waals surface area (Å²) in [6, 6.07) is 9.69. The molecule has 3 N–H and O–H groups in total. The Morgan fingerprint density at radius 1 is 1.16 bits per heavy atom. The van der Waals surface area contributed by atoms with Crippen LogP contribution in [0.1, 0.15) is 43.2 Å². The number of halogens is 3. The number of nitriles is 2. The lowest BCUT2D eigenvalue weighted by atomic mass is 9.93. The average molecular weight is 647 g/mol. The maximum atomic E-state index is 14.9. The highest BCUT2D eigenvalue weighted by atomic mass is 35.5. The fourth-order valence-corrected chi connectivity index (χ4v) is 9.26. The van der Waals surface area contributed by atoms with Gasteiger partial charge in [-0.1, -0.05) is 17.7 Å². The molecule has 2 aromatic carbocycles. The highest BCUT2D eigenvalue weighted by Gasteiger charge is 2.49. The van der Waals surface area contributed by atoms with E-state index in [1.807, 2.05) is 0 Å². The molecule has 2 aromatic heterocycles. The zero-order chi connectivity index (χ0) is 31.0. The van der Waals surface area contributed by atoms with E-state index in [1.165, 1.54) is 12.1 Å². The van der Waals surface area contributed by atoms with Gasteiger partial charge in [-0.05, 0) is 49.9 Å². The molecule has 0 amide bonds. The van der Waals surface area contributed by atoms with Crippen molar-refractivity contribution < 1.29 is 13.5 Å². The molecule has 4 aliphatic rings. The van der Waals surface area contributed by atoms with E-state index in [2.05, 4.69) is 27.3 Å². The fraction of sp³-hybridized carbons (Fsp3) is 0.438. The number of benzene rings is 2. The standard InChI is InChI=1S/C32H29ClF2N8OS/c33-23-8-20-27(21(10-36)25(23)19-4-5-24(35)28-26(19)22(11-37)29(38)45-28)40-31(41-30(20)42-13-17-2-3-18(14-42)39-17)44-15-32-6-1-7-43(32)12-16(34)9-32/h4-5,8,16-18,39H,1-3,6-7,9,12-15,38H2/t16-,17?,18?,32+/m1/s1. The van der Waals surface area contributed by atoms with Crippen LogP contribution in [0.4, 0.5) is 19.6 Å². The number of nitrogens with two attached hydrogens (primary N) is 1. The van der Waals surface area contributed by atoms with E-state index in [4.69, 9.17) is 32.0 Å². The van der Waals surface area contributed by atoms with Crippen molar-refractivity contribution in [3.05, 3.63) is 40.2 Å². The van der Waals surface area contributed by atoms with Gasteiger partial charge in [-0.25, -0.2) is 8.78 Å². The van der Waals surface area contributed by atoms with Crippen molar-refractivity contribution in [2.24, 2.45) is 0 Å². The van der Waals surface area contributed by atoms with Crippen molar-refractivity contribution >= 4 is 54.7 Å². The monoisotopic (exact) mass is 646 g/mol. The summed E-state index contributed by atoms with van der Waals surface area (Å²) in [7, 11) is 0. The lowest BCUT2D eigenvalue weighted by molar-refractivity contribution is 0.107. The lowest BCUT2D eigenvalue weighted by Gasteiger charge is -2.35. The third-order valence-corrected chi connectivity index (χ3v) is 11.3. The largest absolute Gasteiger partial charge is 0.461 e. The third-order valence-electron chi connectivity index (χ3n) is 9.96. The van der Waals surface area contributed by atoms with Crippen LogP contribution in [-0.2, 0) is 0 Å². The minimum atomic E-state index is -0.898. The van der Waals surface area contributed by atoms with E-state index >= 15 is 0 Å². The van der Waals surface area contributed by atoms with Crippen LogP contribution in [-0.4, -0.2) is 71.4 Å². The summed E-state index contributed by atoms with van der Waals surface area (Å²) in [6.45, 7) is 2.93. The lowest BCUT2D eigenvalue weighted by Crippen LogP contribution is -2.51. The SMILES string of the molecule is N#Cc1c(-c2ccc(F)c3sc(N)c(C#N)c23)c(Cl)cc2c(N3CC4CCC(C3)N4)nc(OC[C@@]34CCCN3C[C@H](F)C4)nc12. The van der Waals surface area contributed by atoms with E-state index in [9.17, 15) is 19.3 Å². The fourth-order valence-electron chi connectivity index (χ4n) is 8.00. The molecule has 45 heavy (non-hydrogen) atoms. The number of alkyl halides is 1. The Bertz CT molecular complexity index is 1960. The Morgan fingerprint density at radius 2 is 1.93 bits per heavy atom. The number of piperazine rings is 1. The molecule has 0 saturated carbocycles. The minimum absolute atomic E-state index is 0.110. The summed E-state index contributed by atoms with van der Waals surface area (Å²) in [4.78, 5) is 14.1. The van der Waals surface area contributed by atoms with Gasteiger partial charge in [0.2, 0.25) is 0 Å². The predicted molar refractivity (Wildman–Crippen MR) is 170 cm³/mol. The van der Waals surface area contributed by atoms with Gasteiger partial charge < -0.3 is 20.7 Å². The van der Waals surface area contributed by atoms with E-state index < -0.39 is 17.5 Å². The number of hydrogen-bond acceptors (Lipinski definition) is 10. The van der Waals surface area contributed by atoms with E-state index in [-0.39, 0.29) is 38.5 Å². The average Bonchev–Trinajstić information content (AvgIpc) is 3.76. The Hall–Kier alpha value is -3.81. The van der Waals surface area contributed by atoms with Crippen molar-refractivity contribution in [1.29, 1.82) is 10.5 Å². The molecule has 9 nitrogen and oxygen atoms in total. The van der Waals surface area contributed by atoms with Gasteiger partial charge >= 0.3 is 6.01 Å². The van der Waals surface area contributed by atoms with Crippen molar-refractivity contribution in [1.82, 2.24) is 20.2 Å². The van der Waals surface area contributed by atoms with Crippen LogP contribution in [0.5, 0.6) is 6.01 Å². The number of fused-ring (bicyclic) bond motifs is 5. The summed E-state index contributed by atoms with van der Waals surface area (Å²) in [5, 5.41) is 25.6. The smallest absolute Gasteiger partial charge is 0.319 e. The maximum absolute atomic E-state index is 14.9. The summed E-state index contributed by atoms with van der Waals surface area (Å²) in [6.07, 6.45) is 3.46. The Morgan fingerprint density at radius 3 is 2.69 bits per heavy atom. The van der Waals surface area contributed by atoms with Gasteiger partial charge in [0, 0.05) is 54.5 Å². The molecular formula is C32H29ClF2N8OS. The van der Waals surface area contributed by atoms with Crippen LogP contribution in [0.2, 0.25) is 5.02 Å². The first kappa shape index (κ1) is 28.6. The second-order valence-corrected chi connectivity index (χ2v) is 14.1. The van der Waals surface area contributed by atoms with E-state index in [0.29, 0.717) is 58.3 Å². The second-order valence-electron chi connectivity index (χ2n) is 12.6. The molecule has 6 heterocycles. The molecule has 4 fully saturated rings. The van der Waals surface area contributed by atoms with Crippen LogP contribution in [0.25, 0.3) is 32.1 Å². The highest BCUT2D eigenvalue weighted by Crippen LogP contribution is 2.47. The number of nitrogens with one attached hydrogen (secondary N) is 1. The zero-order valence-corrected chi connectivity index (χ0v) is 25.8. The van der Waals surface area contributed by atoms with Gasteiger partial charge in [0.05, 0.1) is 31.9 Å². The van der Waals surface area contributed by atoms with E-state index in [0.717, 1.165) is 56.7 Å². The summed E-state index contributed by atoms with van der Waals surface area (Å²) < 4.78 is 36.0. The molecule has 230 valence electrons. The predicted octanol–water partition coefficient (Wildman–Crippen LogP) is 5.53. The number of nitrogen functional groups attached to an aromatic ring is 1. The van der Waals surface area contributed by atoms with Gasteiger partial charge in [-0.3, -0.25) is 4.90 Å². The molecule has 4 aromatic rings. The minimum Gasteiger partial charge on any atom is -0.461 e. The molecule has 0 spiro atoms. The van der Waals surface area contributed by atoms with Gasteiger partial charge in [-0.2, -0.15) is 20.5 Å². The number of hydrogen-bond donors (Lipinski definition) is 2. The molecule has 2 bridgehead atoms. The zero-order valence-electron chi connectivity index (χ0n) is 24.2. The van der Waals surface area contributed by atoms with Gasteiger partial charge in [0.25, 0.3) is 0 Å². The summed E-state index contributed by atoms with van der Waals surface area (Å²) in [5.74, 6) is 0.106. The molecule has 13 heteroatoms. The first-order chi connectivity index (χ1) is 21.8. The van der Waals surface area contributed by atoms with Gasteiger partial charge in [0.15, 0.2) is 0 Å². The van der Waals surface area contributed by atoms with Crippen molar-refractivity contribution in [2.45, 2.75) is 55.9 Å². The normalized spacial score (nSPS) is 26.0. The molecule has 8 rings (SSSR count). The summed E-state index contributed by atoms with van der Waals surface area (Å²) >= 11 is 7.97. The molecule has 4 atom stereocenters. The van der Waals surface area contributed by atoms with Crippen molar-refractivity contribution in [2.75, 3.05) is 43.4 Å². The molecule has 4 saturated heterocycles. The molecule has 4 aliphatic heterocycles. The maximum Gasteiger partial charge on any atom is 0.319 e. The molecule has 2 unspecified atom stereocenters. The number of ether oxygens (including phenoxy) is 1. The van der Waals surface area contributed by atoms with Crippen LogP contribution in [0.3, 0.4) is 0 Å². The summed E-state index contributed by atoms with van der Waals surface area (Å²) in [5.41, 5.74) is 7.11. The topological polar surface area (TPSA) is 127 Å². The second kappa shape index (κ2) is 10.6. The number of nitrogens with zero attached hydrogens (tertiary/aromatic N) is 6. The van der Waals surface area contributed by atoms with Gasteiger partial charge in [0.1, 0.15) is 41.6 Å². The van der Waals surface area contributed by atoms with E-state index in [1.54, 1.807) is 6.07 Å². The van der Waals surface area contributed by atoms with Crippen molar-refractivity contribution in [3.63, 3.8) is 0 Å². The van der Waals surface area contributed by atoms with Gasteiger partial charge in [-0.15, -0.1) is 11.3 Å². The van der Waals surface area contributed by atoms with Crippen LogP contribution < -0.4 is 20.7 Å². The number of anilines is 2. The highest BCUT2D eigenvalue weighted by molar-refractivity contribution is 7.23. The first-order valence-electron chi connectivity index (χ1n) is 15.2. The Balaban J connectivity index is 1.32. The molecule has 0 aliphatic carbocycles. The van der Waals surface area contributed by atoms with Crippen LogP contribution in [0, 0.1) is 28.5 Å². The van der Waals surface area contributed by atoms with Crippen molar-refractivity contribution in [3.8, 4) is 29.3 Å². The number of rotatable bonds is 5.